The van der Waals surface area contributed by atoms with E-state index in [1.165, 1.54) is 0 Å². The minimum Gasteiger partial charge on any atom is -0.396 e. The van der Waals surface area contributed by atoms with Crippen molar-refractivity contribution in [3.63, 3.8) is 0 Å². The van der Waals surface area contributed by atoms with E-state index in [0.29, 0.717) is 17.6 Å². The normalized spacial score (nSPS) is 12.2. The lowest BCUT2D eigenvalue weighted by Gasteiger charge is -2.31. The molecule has 0 saturated carbocycles. The molecule has 0 aliphatic carbocycles. The molecule has 0 spiro atoms. The Morgan fingerprint density at radius 2 is 1.86 bits per heavy atom. The van der Waals surface area contributed by atoms with Gasteiger partial charge in [-0.1, -0.05) is 42.5 Å². The lowest BCUT2D eigenvalue weighted by atomic mass is 10.0. The van der Waals surface area contributed by atoms with Crippen molar-refractivity contribution in [2.45, 2.75) is 19.4 Å². The fraction of sp³-hybridized carbons (Fsp3) is 0.217. The second kappa shape index (κ2) is 7.34. The molecular weight excluding hydrogens is 348 g/mol. The molecule has 0 bridgehead atoms. The Labute approximate surface area is 164 Å². The Bertz CT molecular complexity index is 1170. The minimum atomic E-state index is 0.00268. The first-order valence-electron chi connectivity index (χ1n) is 9.35. The number of pyridine rings is 1. The molecule has 0 fully saturated rings. The largest absolute Gasteiger partial charge is 0.396 e. The third-order valence-corrected chi connectivity index (χ3v) is 5.28. The highest BCUT2D eigenvalue weighted by Gasteiger charge is 2.22. The number of nitriles is 1. The summed E-state index contributed by atoms with van der Waals surface area (Å²) >= 11 is 0. The number of nitrogens with zero attached hydrogens (tertiary/aromatic N) is 4. The average molecular weight is 370 g/mol. The number of aliphatic hydroxyl groups excluding tert-OH is 1. The molecule has 2 aromatic carbocycles. The summed E-state index contributed by atoms with van der Waals surface area (Å²) in [5, 5.41) is 19.4. The van der Waals surface area contributed by atoms with Crippen LogP contribution in [0, 0.1) is 18.3 Å². The molecule has 5 nitrogen and oxygen atoms in total. The summed E-state index contributed by atoms with van der Waals surface area (Å²) in [4.78, 5) is 6.90. The molecule has 0 saturated heterocycles. The van der Waals surface area contributed by atoms with E-state index >= 15 is 0 Å². The highest BCUT2D eigenvalue weighted by molar-refractivity contribution is 5.85. The summed E-state index contributed by atoms with van der Waals surface area (Å²) in [6, 6.07) is 22.4. The number of para-hydroxylation sites is 2. The first-order chi connectivity index (χ1) is 13.7. The Morgan fingerprint density at radius 3 is 2.57 bits per heavy atom. The van der Waals surface area contributed by atoms with Gasteiger partial charge in [0, 0.05) is 13.7 Å². The second-order valence-corrected chi connectivity index (χ2v) is 6.98. The van der Waals surface area contributed by atoms with Crippen molar-refractivity contribution in [2.24, 2.45) is 0 Å². The fourth-order valence-corrected chi connectivity index (χ4v) is 3.87. The molecule has 4 rings (SSSR count). The molecule has 0 amide bonds. The highest BCUT2D eigenvalue weighted by atomic mass is 16.3. The number of benzene rings is 2. The van der Waals surface area contributed by atoms with Crippen LogP contribution in [-0.2, 0) is 0 Å². The molecule has 0 aliphatic heterocycles. The van der Waals surface area contributed by atoms with Crippen LogP contribution in [0.2, 0.25) is 0 Å². The molecule has 0 unspecified atom stereocenters. The van der Waals surface area contributed by atoms with Crippen LogP contribution in [0.15, 0.2) is 60.7 Å². The van der Waals surface area contributed by atoms with E-state index in [-0.39, 0.29) is 12.6 Å². The van der Waals surface area contributed by atoms with Gasteiger partial charge in [-0.05, 0) is 42.7 Å². The highest BCUT2D eigenvalue weighted by Crippen LogP contribution is 2.33. The van der Waals surface area contributed by atoms with Gasteiger partial charge < -0.3 is 10.0 Å². The van der Waals surface area contributed by atoms with Crippen molar-refractivity contribution in [1.82, 2.24) is 9.38 Å². The smallest absolute Gasteiger partial charge is 0.157 e. The summed E-state index contributed by atoms with van der Waals surface area (Å²) in [6.45, 7) is 2.03. The van der Waals surface area contributed by atoms with Crippen molar-refractivity contribution >= 4 is 22.5 Å². The number of hydrogen-bond donors (Lipinski definition) is 1. The van der Waals surface area contributed by atoms with Gasteiger partial charge in [0.2, 0.25) is 0 Å². The van der Waals surface area contributed by atoms with Gasteiger partial charge in [0.05, 0.1) is 22.6 Å². The molecule has 1 N–H and O–H groups in total. The maximum atomic E-state index is 9.69. The molecule has 2 aromatic heterocycles. The van der Waals surface area contributed by atoms with Gasteiger partial charge in [-0.3, -0.25) is 4.40 Å². The third-order valence-electron chi connectivity index (χ3n) is 5.28. The number of rotatable bonds is 5. The SMILES string of the molecule is Cc1cc(N(C)[C@H](CCO)c2ccccc2)n2c(nc3ccccc32)c1C#N. The summed E-state index contributed by atoms with van der Waals surface area (Å²) in [6.07, 6.45) is 0.605. The van der Waals surface area contributed by atoms with E-state index in [0.717, 1.165) is 28.0 Å². The third kappa shape index (κ3) is 2.88. The number of anilines is 1. The van der Waals surface area contributed by atoms with E-state index in [1.807, 2.05) is 66.9 Å². The number of aromatic nitrogens is 2. The van der Waals surface area contributed by atoms with Crippen molar-refractivity contribution in [2.75, 3.05) is 18.6 Å². The van der Waals surface area contributed by atoms with Crippen LogP contribution < -0.4 is 4.90 Å². The van der Waals surface area contributed by atoms with Gasteiger partial charge in [-0.2, -0.15) is 5.26 Å². The monoisotopic (exact) mass is 370 g/mol. The van der Waals surface area contributed by atoms with E-state index < -0.39 is 0 Å². The molecule has 5 heteroatoms. The number of imidazole rings is 1. The second-order valence-electron chi connectivity index (χ2n) is 6.98. The number of hydrogen-bond acceptors (Lipinski definition) is 4. The lowest BCUT2D eigenvalue weighted by Crippen LogP contribution is -2.27. The van der Waals surface area contributed by atoms with Gasteiger partial charge in [-0.15, -0.1) is 0 Å². The zero-order valence-corrected chi connectivity index (χ0v) is 16.0. The molecule has 28 heavy (non-hydrogen) atoms. The van der Waals surface area contributed by atoms with Crippen LogP contribution in [-0.4, -0.2) is 28.1 Å². The zero-order valence-electron chi connectivity index (χ0n) is 16.0. The molecule has 0 aliphatic rings. The molecule has 4 aromatic rings. The standard InChI is InChI=1S/C23H22N4O/c1-16-14-22(26(2)20(12-13-28)17-8-4-3-5-9-17)27-21-11-7-6-10-19(21)25-23(27)18(16)15-24/h3-11,14,20,28H,12-13H2,1-2H3/t20-/m1/s1. The topological polar surface area (TPSA) is 64.6 Å². The first kappa shape index (κ1) is 18.0. The summed E-state index contributed by atoms with van der Waals surface area (Å²) in [5.41, 5.74) is 5.11. The number of aliphatic hydroxyl groups is 1. The van der Waals surface area contributed by atoms with Gasteiger partial charge in [-0.25, -0.2) is 4.98 Å². The summed E-state index contributed by atoms with van der Waals surface area (Å²) < 4.78 is 2.05. The Morgan fingerprint density at radius 1 is 1.14 bits per heavy atom. The molecule has 1 atom stereocenters. The van der Waals surface area contributed by atoms with Crippen LogP contribution in [0.4, 0.5) is 5.82 Å². The Kier molecular flexibility index (Phi) is 4.72. The Balaban J connectivity index is 1.98. The summed E-state index contributed by atoms with van der Waals surface area (Å²) in [5.74, 6) is 0.947. The van der Waals surface area contributed by atoms with E-state index in [2.05, 4.69) is 23.1 Å². The maximum Gasteiger partial charge on any atom is 0.157 e. The fourth-order valence-electron chi connectivity index (χ4n) is 3.87. The number of aryl methyl sites for hydroxylation is 1. The van der Waals surface area contributed by atoms with Crippen LogP contribution in [0.3, 0.4) is 0 Å². The quantitative estimate of drug-likeness (QED) is 0.571. The average Bonchev–Trinajstić information content (AvgIpc) is 3.11. The van der Waals surface area contributed by atoms with Crippen molar-refractivity contribution in [1.29, 1.82) is 5.26 Å². The van der Waals surface area contributed by atoms with Crippen LogP contribution in [0.25, 0.3) is 16.7 Å². The maximum absolute atomic E-state index is 9.69. The van der Waals surface area contributed by atoms with Crippen LogP contribution in [0.5, 0.6) is 0 Å². The van der Waals surface area contributed by atoms with E-state index in [4.69, 9.17) is 4.98 Å². The predicted octanol–water partition coefficient (Wildman–Crippen LogP) is 4.23. The van der Waals surface area contributed by atoms with Gasteiger partial charge in [0.1, 0.15) is 11.9 Å². The lowest BCUT2D eigenvalue weighted by molar-refractivity contribution is 0.274. The molecule has 2 heterocycles. The predicted molar refractivity (Wildman–Crippen MR) is 111 cm³/mol. The zero-order chi connectivity index (χ0) is 19.7. The molecular formula is C23H22N4O. The van der Waals surface area contributed by atoms with Crippen LogP contribution in [0.1, 0.15) is 29.2 Å². The van der Waals surface area contributed by atoms with Crippen LogP contribution >= 0.6 is 0 Å². The molecule has 140 valence electrons. The van der Waals surface area contributed by atoms with Crippen molar-refractivity contribution in [3.8, 4) is 6.07 Å². The van der Waals surface area contributed by atoms with Crippen molar-refractivity contribution in [3.05, 3.63) is 77.4 Å². The van der Waals surface area contributed by atoms with Crippen molar-refractivity contribution < 1.29 is 5.11 Å². The van der Waals surface area contributed by atoms with Gasteiger partial charge in [0.25, 0.3) is 0 Å². The van der Waals surface area contributed by atoms with Gasteiger partial charge in [0.15, 0.2) is 5.65 Å². The number of fused-ring (bicyclic) bond motifs is 3. The first-order valence-corrected chi connectivity index (χ1v) is 9.35. The Hall–Kier alpha value is -3.36. The summed E-state index contributed by atoms with van der Waals surface area (Å²) in [7, 11) is 2.03. The minimum absolute atomic E-state index is 0.00268. The van der Waals surface area contributed by atoms with E-state index in [9.17, 15) is 10.4 Å². The molecule has 0 radical (unpaired) electrons. The van der Waals surface area contributed by atoms with Gasteiger partial charge >= 0.3 is 0 Å². The van der Waals surface area contributed by atoms with E-state index in [1.54, 1.807) is 0 Å².